The van der Waals surface area contributed by atoms with Gasteiger partial charge in [-0.2, -0.15) is 4.98 Å². The fourth-order valence-corrected chi connectivity index (χ4v) is 5.21. The molecule has 8 nitrogen and oxygen atoms in total. The summed E-state index contributed by atoms with van der Waals surface area (Å²) in [5.74, 6) is -0.891. The van der Waals surface area contributed by atoms with Gasteiger partial charge in [0.2, 0.25) is 11.9 Å². The Kier molecular flexibility index (Phi) is 4.11. The zero-order valence-corrected chi connectivity index (χ0v) is 15.6. The molecule has 3 aliphatic rings. The zero-order valence-electron chi connectivity index (χ0n) is 15.6. The lowest BCUT2D eigenvalue weighted by atomic mass is 9.77. The van der Waals surface area contributed by atoms with Gasteiger partial charge in [0.25, 0.3) is 5.91 Å². The molecule has 5 N–H and O–H groups in total. The van der Waals surface area contributed by atoms with Crippen molar-refractivity contribution >= 4 is 29.3 Å². The smallest absolute Gasteiger partial charge is 0.251 e. The number of nitrogens with zero attached hydrogens (tertiary/aromatic N) is 2. The molecule has 5 unspecified atom stereocenters. The van der Waals surface area contributed by atoms with Gasteiger partial charge in [-0.25, -0.2) is 9.37 Å². The van der Waals surface area contributed by atoms with E-state index in [0.29, 0.717) is 17.8 Å². The van der Waals surface area contributed by atoms with Gasteiger partial charge in [0.15, 0.2) is 11.6 Å². The van der Waals surface area contributed by atoms with Crippen LogP contribution in [-0.2, 0) is 4.79 Å². The molecule has 5 rings (SSSR count). The van der Waals surface area contributed by atoms with Crippen LogP contribution in [0.3, 0.4) is 0 Å². The Bertz CT molecular complexity index is 999. The number of benzene rings is 1. The fourth-order valence-electron chi connectivity index (χ4n) is 5.21. The molecule has 9 heteroatoms. The van der Waals surface area contributed by atoms with Gasteiger partial charge in [0.05, 0.1) is 12.1 Å². The van der Waals surface area contributed by atoms with E-state index in [4.69, 9.17) is 5.73 Å². The Hall–Kier alpha value is -3.23. The Morgan fingerprint density at radius 2 is 2.10 bits per heavy atom. The van der Waals surface area contributed by atoms with E-state index in [1.54, 1.807) is 24.3 Å². The molecule has 2 saturated carbocycles. The summed E-state index contributed by atoms with van der Waals surface area (Å²) in [4.78, 5) is 33.0. The summed E-state index contributed by atoms with van der Waals surface area (Å²) in [6, 6.07) is 6.64. The van der Waals surface area contributed by atoms with Crippen molar-refractivity contribution in [3.63, 3.8) is 0 Å². The first-order valence-electron chi connectivity index (χ1n) is 9.73. The lowest BCUT2D eigenvalue weighted by Gasteiger charge is -2.35. The Morgan fingerprint density at radius 3 is 2.93 bits per heavy atom. The Labute approximate surface area is 166 Å². The summed E-state index contributed by atoms with van der Waals surface area (Å²) in [5, 5.41) is 9.13. The van der Waals surface area contributed by atoms with Crippen LogP contribution in [0.2, 0.25) is 0 Å². The number of carbonyl (C=O) groups excluding carboxylic acids is 2. The van der Waals surface area contributed by atoms with E-state index in [9.17, 15) is 14.0 Å². The first-order valence-corrected chi connectivity index (χ1v) is 9.73. The summed E-state index contributed by atoms with van der Waals surface area (Å²) in [6.45, 7) is 0.499. The quantitative estimate of drug-likeness (QED) is 0.581. The summed E-state index contributed by atoms with van der Waals surface area (Å²) in [6.07, 6.45) is 2.72. The van der Waals surface area contributed by atoms with Crippen LogP contribution >= 0.6 is 0 Å². The van der Waals surface area contributed by atoms with Crippen LogP contribution in [0.25, 0.3) is 0 Å². The minimum Gasteiger partial charge on any atom is -0.369 e. The van der Waals surface area contributed by atoms with Crippen LogP contribution in [0.1, 0.15) is 23.2 Å². The summed E-state index contributed by atoms with van der Waals surface area (Å²) < 4.78 is 14.4. The van der Waals surface area contributed by atoms with E-state index < -0.39 is 11.7 Å². The van der Waals surface area contributed by atoms with Crippen LogP contribution in [-0.4, -0.2) is 34.4 Å². The number of hydrogen-bond donors (Lipinski definition) is 4. The number of primary amides is 1. The van der Waals surface area contributed by atoms with Crippen molar-refractivity contribution in [3.8, 4) is 0 Å². The van der Waals surface area contributed by atoms with Crippen molar-refractivity contribution in [3.05, 3.63) is 41.8 Å². The number of rotatable bonds is 1. The van der Waals surface area contributed by atoms with Crippen molar-refractivity contribution in [2.75, 3.05) is 17.2 Å². The second-order valence-electron chi connectivity index (χ2n) is 8.06. The molecule has 1 aromatic carbocycles. The van der Waals surface area contributed by atoms with Gasteiger partial charge < -0.3 is 21.7 Å². The first kappa shape index (κ1) is 17.8. The Morgan fingerprint density at radius 1 is 1.24 bits per heavy atom. The maximum atomic E-state index is 14.4. The number of anilines is 3. The minimum absolute atomic E-state index is 0.0438. The molecule has 2 aliphatic carbocycles. The van der Waals surface area contributed by atoms with Crippen molar-refractivity contribution in [1.82, 2.24) is 15.3 Å². The van der Waals surface area contributed by atoms with Gasteiger partial charge in [-0.05, 0) is 48.8 Å². The van der Waals surface area contributed by atoms with Crippen LogP contribution < -0.4 is 21.7 Å². The van der Waals surface area contributed by atoms with E-state index in [1.807, 2.05) is 0 Å². The lowest BCUT2D eigenvalue weighted by molar-refractivity contribution is -0.123. The number of halogens is 1. The number of hydrogen-bond acceptors (Lipinski definition) is 6. The SMILES string of the molecule is NC(=O)C1C2CC3CNC(=O)c4cccc(c4)Nc4ncc(F)c(n4)NC1C3C2. The molecule has 2 amide bonds. The van der Waals surface area contributed by atoms with Gasteiger partial charge in [-0.1, -0.05) is 6.07 Å². The highest BCUT2D eigenvalue weighted by molar-refractivity contribution is 5.95. The van der Waals surface area contributed by atoms with Crippen LogP contribution in [0.4, 0.5) is 21.8 Å². The van der Waals surface area contributed by atoms with Crippen molar-refractivity contribution in [1.29, 1.82) is 0 Å². The molecule has 150 valence electrons. The van der Waals surface area contributed by atoms with Crippen LogP contribution in [0.5, 0.6) is 0 Å². The molecule has 0 saturated heterocycles. The number of fused-ring (bicyclic) bond motifs is 5. The number of nitrogens with one attached hydrogen (secondary N) is 3. The second-order valence-corrected chi connectivity index (χ2v) is 8.06. The van der Waals surface area contributed by atoms with Gasteiger partial charge >= 0.3 is 0 Å². The number of aromatic nitrogens is 2. The average molecular weight is 396 g/mol. The molecule has 2 aromatic rings. The molecule has 2 heterocycles. The van der Waals surface area contributed by atoms with E-state index in [1.165, 1.54) is 0 Å². The van der Waals surface area contributed by atoms with E-state index in [2.05, 4.69) is 25.9 Å². The molecule has 29 heavy (non-hydrogen) atoms. The molecule has 1 aromatic heterocycles. The zero-order chi connectivity index (χ0) is 20.1. The molecular formula is C20H21FN6O2. The Balaban J connectivity index is 1.56. The maximum Gasteiger partial charge on any atom is 0.251 e. The lowest BCUT2D eigenvalue weighted by Crippen LogP contribution is -2.47. The van der Waals surface area contributed by atoms with E-state index in [0.717, 1.165) is 19.0 Å². The number of carbonyl (C=O) groups is 2. The van der Waals surface area contributed by atoms with E-state index >= 15 is 0 Å². The standard InChI is InChI=1S/C20H21FN6O2/c21-14-8-24-20-25-12-3-1-2-9(5-12)19(29)23-7-11-4-10-6-13(11)16(15(10)17(22)28)26-18(14)27-20/h1-3,5,8,10-11,13,15-16H,4,6-7H2,(H2,22,28)(H,23,29)(H2,24,25,26,27). The van der Waals surface area contributed by atoms with Crippen LogP contribution in [0.15, 0.2) is 30.5 Å². The second kappa shape index (κ2) is 6.68. The third-order valence-corrected chi connectivity index (χ3v) is 6.42. The highest BCUT2D eigenvalue weighted by Gasteiger charge is 2.55. The molecule has 5 atom stereocenters. The number of nitrogens with two attached hydrogens (primary N) is 1. The third kappa shape index (κ3) is 3.06. The molecular weight excluding hydrogens is 375 g/mol. The highest BCUT2D eigenvalue weighted by atomic mass is 19.1. The normalized spacial score (nSPS) is 30.0. The third-order valence-electron chi connectivity index (χ3n) is 6.42. The molecule has 1 aliphatic heterocycles. The average Bonchev–Trinajstić information content (AvgIpc) is 3.26. The molecule has 0 radical (unpaired) electrons. The van der Waals surface area contributed by atoms with Crippen molar-refractivity contribution in [2.24, 2.45) is 29.4 Å². The summed E-state index contributed by atoms with van der Waals surface area (Å²) >= 11 is 0. The topological polar surface area (TPSA) is 122 Å². The predicted octanol–water partition coefficient (Wildman–Crippen LogP) is 1.64. The first-order chi connectivity index (χ1) is 14.0. The van der Waals surface area contributed by atoms with Crippen LogP contribution in [0, 0.1) is 29.5 Å². The minimum atomic E-state index is -0.591. The van der Waals surface area contributed by atoms with Gasteiger partial charge in [-0.3, -0.25) is 9.59 Å². The largest absolute Gasteiger partial charge is 0.369 e. The van der Waals surface area contributed by atoms with Gasteiger partial charge in [0.1, 0.15) is 0 Å². The fraction of sp³-hybridized carbons (Fsp3) is 0.400. The monoisotopic (exact) mass is 396 g/mol. The molecule has 0 spiro atoms. The van der Waals surface area contributed by atoms with Gasteiger partial charge in [0, 0.05) is 23.8 Å². The molecule has 6 bridgehead atoms. The van der Waals surface area contributed by atoms with Crippen molar-refractivity contribution < 1.29 is 14.0 Å². The summed E-state index contributed by atoms with van der Waals surface area (Å²) in [7, 11) is 0. The maximum absolute atomic E-state index is 14.4. The highest BCUT2D eigenvalue weighted by Crippen LogP contribution is 2.52. The van der Waals surface area contributed by atoms with Gasteiger partial charge in [-0.15, -0.1) is 0 Å². The number of amides is 2. The molecule has 2 fully saturated rings. The van der Waals surface area contributed by atoms with Crippen molar-refractivity contribution in [2.45, 2.75) is 18.9 Å². The predicted molar refractivity (Wildman–Crippen MR) is 104 cm³/mol. The summed E-state index contributed by atoms with van der Waals surface area (Å²) in [5.41, 5.74) is 6.80. The van der Waals surface area contributed by atoms with E-state index in [-0.39, 0.29) is 47.4 Å².